The summed E-state index contributed by atoms with van der Waals surface area (Å²) in [6.45, 7) is 0. The number of hydrogen-bond donors (Lipinski definition) is 1. The van der Waals surface area contributed by atoms with Gasteiger partial charge in [0.05, 0.1) is 0 Å². The van der Waals surface area contributed by atoms with E-state index in [0.29, 0.717) is 5.75 Å². The molecule has 0 aliphatic heterocycles. The standard InChI is InChI=1S/C32H24.C6H6O/c1-5-15-25(16-6-1)29-23-13-14-24-30(26-17-7-2-8-18-26)32(28-21-11-4-12-22-28)31(29)27-19-9-3-10-20-27;7-6-4-2-1-3-5-6/h1-24H;1-5,7H. The molecule has 39 heavy (non-hydrogen) atoms. The first-order chi connectivity index (χ1) is 19.3. The molecule has 5 aromatic carbocycles. The summed E-state index contributed by atoms with van der Waals surface area (Å²) in [6, 6.07) is 51.5. The van der Waals surface area contributed by atoms with E-state index in [0.717, 1.165) is 0 Å². The van der Waals surface area contributed by atoms with Gasteiger partial charge in [-0.25, -0.2) is 0 Å². The highest BCUT2D eigenvalue weighted by Crippen LogP contribution is 2.43. The lowest BCUT2D eigenvalue weighted by atomic mass is 9.81. The fraction of sp³-hybridized carbons (Fsp3) is 0. The van der Waals surface area contributed by atoms with E-state index < -0.39 is 0 Å². The number of phenolic OH excluding ortho intramolecular Hbond substituents is 1. The number of aromatic hydroxyl groups is 1. The van der Waals surface area contributed by atoms with Gasteiger partial charge >= 0.3 is 0 Å². The minimum absolute atomic E-state index is 0.322. The molecule has 0 bridgehead atoms. The van der Waals surface area contributed by atoms with Crippen molar-refractivity contribution in [2.45, 2.75) is 0 Å². The molecule has 0 atom stereocenters. The van der Waals surface area contributed by atoms with Crippen LogP contribution in [0.2, 0.25) is 0 Å². The molecule has 0 saturated heterocycles. The fourth-order valence-corrected chi connectivity index (χ4v) is 4.69. The summed E-state index contributed by atoms with van der Waals surface area (Å²) < 4.78 is 0. The van der Waals surface area contributed by atoms with Crippen LogP contribution in [-0.4, -0.2) is 5.11 Å². The molecule has 0 saturated carbocycles. The Bertz CT molecular complexity index is 1490. The third-order valence-corrected chi connectivity index (χ3v) is 6.48. The second-order valence-electron chi connectivity index (χ2n) is 9.10. The number of allylic oxidation sites excluding steroid dienone is 8. The fourth-order valence-electron chi connectivity index (χ4n) is 4.69. The van der Waals surface area contributed by atoms with Gasteiger partial charge in [-0.3, -0.25) is 0 Å². The molecule has 1 heteroatoms. The molecule has 5 aromatic rings. The van der Waals surface area contributed by atoms with Crippen LogP contribution >= 0.6 is 0 Å². The van der Waals surface area contributed by atoms with E-state index in [-0.39, 0.29) is 0 Å². The summed E-state index contributed by atoms with van der Waals surface area (Å²) in [5.74, 6) is 0.322. The van der Waals surface area contributed by atoms with Crippen LogP contribution in [0.3, 0.4) is 0 Å². The van der Waals surface area contributed by atoms with E-state index in [2.05, 4.69) is 146 Å². The van der Waals surface area contributed by atoms with Crippen molar-refractivity contribution in [3.8, 4) is 5.75 Å². The first-order valence-corrected chi connectivity index (χ1v) is 13.1. The normalized spacial score (nSPS) is 12.8. The third kappa shape index (κ3) is 6.41. The molecule has 0 aromatic heterocycles. The van der Waals surface area contributed by atoms with Crippen LogP contribution in [0.5, 0.6) is 5.75 Å². The van der Waals surface area contributed by atoms with Crippen LogP contribution in [0, 0.1) is 0 Å². The zero-order valence-corrected chi connectivity index (χ0v) is 21.7. The average molecular weight is 503 g/mol. The van der Waals surface area contributed by atoms with E-state index in [9.17, 15) is 0 Å². The maximum atomic E-state index is 8.63. The van der Waals surface area contributed by atoms with Crippen LogP contribution in [0.15, 0.2) is 176 Å². The SMILES string of the molecule is C1=CC(c2ccccc2)=C(c2ccccc2)C(c2ccccc2)=C(c2ccccc2)C=C1.Oc1ccccc1. The van der Waals surface area contributed by atoms with Gasteiger partial charge in [-0.1, -0.05) is 164 Å². The zero-order valence-electron chi connectivity index (χ0n) is 21.7. The second-order valence-corrected chi connectivity index (χ2v) is 9.10. The van der Waals surface area contributed by atoms with Crippen molar-refractivity contribution in [1.29, 1.82) is 0 Å². The predicted octanol–water partition coefficient (Wildman–Crippen LogP) is 9.73. The summed E-state index contributed by atoms with van der Waals surface area (Å²) in [4.78, 5) is 0. The minimum atomic E-state index is 0.322. The van der Waals surface area contributed by atoms with Gasteiger partial charge < -0.3 is 5.11 Å². The van der Waals surface area contributed by atoms with E-state index >= 15 is 0 Å². The molecule has 0 unspecified atom stereocenters. The lowest BCUT2D eigenvalue weighted by molar-refractivity contribution is 0.475. The zero-order chi connectivity index (χ0) is 26.7. The van der Waals surface area contributed by atoms with Gasteiger partial charge in [0.2, 0.25) is 0 Å². The monoisotopic (exact) mass is 502 g/mol. The van der Waals surface area contributed by atoms with Crippen molar-refractivity contribution in [1.82, 2.24) is 0 Å². The summed E-state index contributed by atoms with van der Waals surface area (Å²) in [5, 5.41) is 8.63. The Labute approximate surface area is 231 Å². The van der Waals surface area contributed by atoms with Crippen molar-refractivity contribution >= 4 is 22.3 Å². The molecule has 0 amide bonds. The molecular weight excluding hydrogens is 472 g/mol. The van der Waals surface area contributed by atoms with E-state index in [1.54, 1.807) is 24.3 Å². The highest BCUT2D eigenvalue weighted by Gasteiger charge is 2.20. The predicted molar refractivity (Wildman–Crippen MR) is 166 cm³/mol. The van der Waals surface area contributed by atoms with Gasteiger partial charge in [-0.05, 0) is 56.7 Å². The van der Waals surface area contributed by atoms with Crippen molar-refractivity contribution in [3.63, 3.8) is 0 Å². The van der Waals surface area contributed by atoms with Crippen molar-refractivity contribution < 1.29 is 5.11 Å². The molecule has 0 heterocycles. The van der Waals surface area contributed by atoms with E-state index in [1.807, 2.05) is 6.07 Å². The average Bonchev–Trinajstić information content (AvgIpc) is 3.00. The largest absolute Gasteiger partial charge is 0.508 e. The number of benzene rings is 5. The highest BCUT2D eigenvalue weighted by molar-refractivity contribution is 6.24. The van der Waals surface area contributed by atoms with Crippen LogP contribution in [-0.2, 0) is 0 Å². The molecule has 1 aliphatic rings. The Morgan fingerprint density at radius 3 is 0.872 bits per heavy atom. The maximum absolute atomic E-state index is 8.63. The van der Waals surface area contributed by atoms with Gasteiger partial charge in [0.1, 0.15) is 5.75 Å². The smallest absolute Gasteiger partial charge is 0.115 e. The van der Waals surface area contributed by atoms with E-state index in [1.165, 1.54) is 44.5 Å². The molecule has 1 nitrogen and oxygen atoms in total. The molecule has 188 valence electrons. The minimum Gasteiger partial charge on any atom is -0.508 e. The summed E-state index contributed by atoms with van der Waals surface area (Å²) in [6.07, 6.45) is 8.77. The number of phenols is 1. The van der Waals surface area contributed by atoms with Gasteiger partial charge in [-0.2, -0.15) is 0 Å². The third-order valence-electron chi connectivity index (χ3n) is 6.48. The quantitative estimate of drug-likeness (QED) is 0.259. The van der Waals surface area contributed by atoms with Crippen LogP contribution < -0.4 is 0 Å². The molecule has 1 aliphatic carbocycles. The second kappa shape index (κ2) is 12.9. The molecule has 0 fully saturated rings. The molecule has 0 spiro atoms. The topological polar surface area (TPSA) is 20.2 Å². The molecular formula is C38H30O. The lowest BCUT2D eigenvalue weighted by Gasteiger charge is -2.22. The first-order valence-electron chi connectivity index (χ1n) is 13.1. The Morgan fingerprint density at radius 2 is 0.590 bits per heavy atom. The first kappa shape index (κ1) is 25.5. The molecule has 1 N–H and O–H groups in total. The van der Waals surface area contributed by atoms with Gasteiger partial charge in [0.15, 0.2) is 0 Å². The molecule has 6 rings (SSSR count). The lowest BCUT2D eigenvalue weighted by Crippen LogP contribution is -2.00. The van der Waals surface area contributed by atoms with Gasteiger partial charge in [0.25, 0.3) is 0 Å². The molecule has 0 radical (unpaired) electrons. The maximum Gasteiger partial charge on any atom is 0.115 e. The van der Waals surface area contributed by atoms with Crippen LogP contribution in [0.4, 0.5) is 0 Å². The summed E-state index contributed by atoms with van der Waals surface area (Å²) in [7, 11) is 0. The highest BCUT2D eigenvalue weighted by atomic mass is 16.3. The number of rotatable bonds is 4. The Balaban J connectivity index is 0.000000384. The summed E-state index contributed by atoms with van der Waals surface area (Å²) in [5.41, 5.74) is 9.74. The van der Waals surface area contributed by atoms with Crippen molar-refractivity contribution in [2.24, 2.45) is 0 Å². The van der Waals surface area contributed by atoms with Crippen LogP contribution in [0.25, 0.3) is 22.3 Å². The van der Waals surface area contributed by atoms with Crippen molar-refractivity contribution in [2.75, 3.05) is 0 Å². The van der Waals surface area contributed by atoms with Gasteiger partial charge in [0, 0.05) is 0 Å². The van der Waals surface area contributed by atoms with Crippen molar-refractivity contribution in [3.05, 3.63) is 198 Å². The Morgan fingerprint density at radius 1 is 0.308 bits per heavy atom. The Hall–Kier alpha value is -5.14. The van der Waals surface area contributed by atoms with Gasteiger partial charge in [-0.15, -0.1) is 0 Å². The van der Waals surface area contributed by atoms with Crippen LogP contribution in [0.1, 0.15) is 22.3 Å². The number of hydrogen-bond acceptors (Lipinski definition) is 1. The van der Waals surface area contributed by atoms with E-state index in [4.69, 9.17) is 5.11 Å². The summed E-state index contributed by atoms with van der Waals surface area (Å²) >= 11 is 0. The Kier molecular flexibility index (Phi) is 8.43. The number of para-hydroxylation sites is 1.